The van der Waals surface area contributed by atoms with E-state index in [0.717, 1.165) is 0 Å². The summed E-state index contributed by atoms with van der Waals surface area (Å²) in [4.78, 5) is 0. The second-order valence-electron chi connectivity index (χ2n) is 3.42. The molecule has 0 bridgehead atoms. The summed E-state index contributed by atoms with van der Waals surface area (Å²) in [7, 11) is 0. The van der Waals surface area contributed by atoms with E-state index in [4.69, 9.17) is 0 Å². The lowest BCUT2D eigenvalue weighted by atomic mass is 10.1. The van der Waals surface area contributed by atoms with Crippen LogP contribution < -0.4 is 5.32 Å². The largest absolute Gasteiger partial charge is 0.309 e. The van der Waals surface area contributed by atoms with Crippen molar-refractivity contribution in [2.75, 3.05) is 6.54 Å². The zero-order chi connectivity index (χ0) is 11.3. The minimum absolute atomic E-state index is 0.288. The summed E-state index contributed by atoms with van der Waals surface area (Å²) in [6.07, 6.45) is -1.96. The highest BCUT2D eigenvalue weighted by Crippen LogP contribution is 2.06. The summed E-state index contributed by atoms with van der Waals surface area (Å²) in [6.45, 7) is 1.76. The summed E-state index contributed by atoms with van der Waals surface area (Å²) >= 11 is 0. The first-order valence-corrected chi connectivity index (χ1v) is 4.86. The van der Waals surface area contributed by atoms with Crippen molar-refractivity contribution in [2.45, 2.75) is 25.8 Å². The molecule has 0 fully saturated rings. The molecule has 0 aromatic heterocycles. The Morgan fingerprint density at radius 3 is 2.53 bits per heavy atom. The molecule has 0 saturated heterocycles. The molecule has 0 amide bonds. The highest BCUT2D eigenvalue weighted by molar-refractivity contribution is 5.17. The molecule has 0 aliphatic carbocycles. The summed E-state index contributed by atoms with van der Waals surface area (Å²) < 4.78 is 37.3. The van der Waals surface area contributed by atoms with Crippen LogP contribution >= 0.6 is 0 Å². The zero-order valence-corrected chi connectivity index (χ0v) is 8.51. The predicted octanol–water partition coefficient (Wildman–Crippen LogP) is 2.61. The number of benzene rings is 1. The average molecular weight is 217 g/mol. The van der Waals surface area contributed by atoms with Crippen LogP contribution in [0.15, 0.2) is 24.3 Å². The lowest BCUT2D eigenvalue weighted by Crippen LogP contribution is -2.34. The summed E-state index contributed by atoms with van der Waals surface area (Å²) in [6, 6.07) is 5.51. The van der Waals surface area contributed by atoms with Crippen LogP contribution in [0.3, 0.4) is 0 Å². The van der Waals surface area contributed by atoms with E-state index in [9.17, 15) is 13.2 Å². The number of nitrogens with one attached hydrogen (secondary N) is 1. The normalized spacial score (nSPS) is 13.1. The van der Waals surface area contributed by atoms with E-state index < -0.39 is 12.5 Å². The molecule has 0 heterocycles. The monoisotopic (exact) mass is 217 g/mol. The molecule has 0 aliphatic rings. The standard InChI is InChI=1S/C11H14F3N/c1-8(11(13)14)15-7-6-9-4-2-3-5-10(9)12/h2-5,8,11,15H,6-7H2,1H3. The molecule has 4 heteroatoms. The molecule has 1 nitrogen and oxygen atoms in total. The fraction of sp³-hybridized carbons (Fsp3) is 0.455. The Kier molecular flexibility index (Phi) is 4.62. The molecule has 1 unspecified atom stereocenters. The Hall–Kier alpha value is -1.03. The van der Waals surface area contributed by atoms with Gasteiger partial charge in [-0.15, -0.1) is 0 Å². The van der Waals surface area contributed by atoms with Crippen molar-refractivity contribution in [3.05, 3.63) is 35.6 Å². The molecule has 15 heavy (non-hydrogen) atoms. The van der Waals surface area contributed by atoms with Crippen molar-refractivity contribution in [2.24, 2.45) is 0 Å². The molecule has 1 atom stereocenters. The second-order valence-corrected chi connectivity index (χ2v) is 3.42. The number of alkyl halides is 2. The first kappa shape index (κ1) is 12.0. The van der Waals surface area contributed by atoms with Gasteiger partial charge in [0.15, 0.2) is 0 Å². The van der Waals surface area contributed by atoms with Crippen molar-refractivity contribution < 1.29 is 13.2 Å². The Morgan fingerprint density at radius 2 is 1.93 bits per heavy atom. The van der Waals surface area contributed by atoms with Gasteiger partial charge in [0, 0.05) is 0 Å². The highest BCUT2D eigenvalue weighted by atomic mass is 19.3. The number of halogens is 3. The summed E-state index contributed by atoms with van der Waals surface area (Å²) in [5.41, 5.74) is 0.548. The van der Waals surface area contributed by atoms with Crippen molar-refractivity contribution in [1.82, 2.24) is 5.32 Å². The van der Waals surface area contributed by atoms with E-state index in [1.54, 1.807) is 18.2 Å². The van der Waals surface area contributed by atoms with Gasteiger partial charge >= 0.3 is 0 Å². The van der Waals surface area contributed by atoms with Gasteiger partial charge in [-0.05, 0) is 31.5 Å². The van der Waals surface area contributed by atoms with Gasteiger partial charge < -0.3 is 5.32 Å². The molecule has 1 aromatic carbocycles. The third-order valence-corrected chi connectivity index (χ3v) is 2.20. The van der Waals surface area contributed by atoms with Crippen LogP contribution in [0, 0.1) is 5.82 Å². The predicted molar refractivity (Wildman–Crippen MR) is 53.6 cm³/mol. The smallest absolute Gasteiger partial charge is 0.253 e. The Morgan fingerprint density at radius 1 is 1.27 bits per heavy atom. The first-order chi connectivity index (χ1) is 7.11. The maximum absolute atomic E-state index is 13.1. The topological polar surface area (TPSA) is 12.0 Å². The van der Waals surface area contributed by atoms with E-state index in [1.807, 2.05) is 0 Å². The third-order valence-electron chi connectivity index (χ3n) is 2.20. The average Bonchev–Trinajstić information content (AvgIpc) is 2.20. The molecule has 0 saturated carbocycles. The summed E-state index contributed by atoms with van der Waals surface area (Å²) in [5.74, 6) is -0.288. The van der Waals surface area contributed by atoms with Crippen molar-refractivity contribution in [1.29, 1.82) is 0 Å². The van der Waals surface area contributed by atoms with E-state index in [0.29, 0.717) is 18.5 Å². The molecule has 1 N–H and O–H groups in total. The van der Waals surface area contributed by atoms with Gasteiger partial charge in [-0.1, -0.05) is 18.2 Å². The van der Waals surface area contributed by atoms with Gasteiger partial charge in [0.25, 0.3) is 6.43 Å². The van der Waals surface area contributed by atoms with E-state index in [1.165, 1.54) is 13.0 Å². The molecular weight excluding hydrogens is 203 g/mol. The Balaban J connectivity index is 2.35. The van der Waals surface area contributed by atoms with Crippen molar-refractivity contribution >= 4 is 0 Å². The third kappa shape index (κ3) is 3.91. The van der Waals surface area contributed by atoms with Crippen LogP contribution in [0.4, 0.5) is 13.2 Å². The van der Waals surface area contributed by atoms with Crippen LogP contribution in [0.2, 0.25) is 0 Å². The Bertz CT molecular complexity index is 302. The SMILES string of the molecule is CC(NCCc1ccccc1F)C(F)F. The lowest BCUT2D eigenvalue weighted by Gasteiger charge is -2.12. The van der Waals surface area contributed by atoms with Crippen LogP contribution in [-0.4, -0.2) is 19.0 Å². The first-order valence-electron chi connectivity index (χ1n) is 4.86. The van der Waals surface area contributed by atoms with Gasteiger partial charge in [0.1, 0.15) is 5.82 Å². The van der Waals surface area contributed by atoms with E-state index in [-0.39, 0.29) is 5.82 Å². The highest BCUT2D eigenvalue weighted by Gasteiger charge is 2.13. The lowest BCUT2D eigenvalue weighted by molar-refractivity contribution is 0.106. The fourth-order valence-corrected chi connectivity index (χ4v) is 1.22. The number of hydrogen-bond donors (Lipinski definition) is 1. The minimum Gasteiger partial charge on any atom is -0.309 e. The van der Waals surface area contributed by atoms with Crippen LogP contribution in [-0.2, 0) is 6.42 Å². The quantitative estimate of drug-likeness (QED) is 0.799. The molecular formula is C11H14F3N. The molecule has 0 spiro atoms. The Labute approximate surface area is 87.3 Å². The van der Waals surface area contributed by atoms with Gasteiger partial charge in [-0.2, -0.15) is 0 Å². The summed E-state index contributed by atoms with van der Waals surface area (Å²) in [5, 5.41) is 2.64. The molecule has 0 aliphatic heterocycles. The molecule has 1 aromatic rings. The van der Waals surface area contributed by atoms with Gasteiger partial charge in [0.05, 0.1) is 6.04 Å². The maximum atomic E-state index is 13.1. The zero-order valence-electron chi connectivity index (χ0n) is 8.51. The van der Waals surface area contributed by atoms with Crippen LogP contribution in [0.5, 0.6) is 0 Å². The van der Waals surface area contributed by atoms with E-state index >= 15 is 0 Å². The van der Waals surface area contributed by atoms with Crippen molar-refractivity contribution in [3.8, 4) is 0 Å². The van der Waals surface area contributed by atoms with Crippen LogP contribution in [0.1, 0.15) is 12.5 Å². The fourth-order valence-electron chi connectivity index (χ4n) is 1.22. The maximum Gasteiger partial charge on any atom is 0.253 e. The van der Waals surface area contributed by atoms with E-state index in [2.05, 4.69) is 5.32 Å². The van der Waals surface area contributed by atoms with Crippen molar-refractivity contribution in [3.63, 3.8) is 0 Å². The second kappa shape index (κ2) is 5.75. The van der Waals surface area contributed by atoms with Crippen LogP contribution in [0.25, 0.3) is 0 Å². The van der Waals surface area contributed by atoms with Gasteiger partial charge in [-0.25, -0.2) is 13.2 Å². The number of rotatable bonds is 5. The molecule has 1 rings (SSSR count). The molecule has 0 radical (unpaired) electrons. The van der Waals surface area contributed by atoms with Gasteiger partial charge in [-0.3, -0.25) is 0 Å². The van der Waals surface area contributed by atoms with Gasteiger partial charge in [0.2, 0.25) is 0 Å². The molecule has 84 valence electrons. The number of hydrogen-bond acceptors (Lipinski definition) is 1. The minimum atomic E-state index is -2.38.